The summed E-state index contributed by atoms with van der Waals surface area (Å²) in [7, 11) is 0. The molecule has 0 unspecified atom stereocenters. The molecule has 0 aromatic carbocycles. The number of nitrogens with zero attached hydrogens (tertiary/aromatic N) is 4. The van der Waals surface area contributed by atoms with Crippen LogP contribution in [0, 0.1) is 17.2 Å². The van der Waals surface area contributed by atoms with Crippen LogP contribution in [0.4, 0.5) is 0 Å². The summed E-state index contributed by atoms with van der Waals surface area (Å²) in [5.41, 5.74) is -0.857. The van der Waals surface area contributed by atoms with Gasteiger partial charge in [-0.2, -0.15) is 5.26 Å². The minimum Gasteiger partial charge on any atom is -0.337 e. The lowest BCUT2D eigenvalue weighted by atomic mass is 9.90. The van der Waals surface area contributed by atoms with E-state index in [0.29, 0.717) is 6.04 Å². The highest BCUT2D eigenvalue weighted by Gasteiger charge is 2.32. The Morgan fingerprint density at radius 2 is 2.32 bits per heavy atom. The molecule has 6 nitrogen and oxygen atoms in total. The Balaban J connectivity index is 1.70. The Bertz CT molecular complexity index is 789. The summed E-state index contributed by atoms with van der Waals surface area (Å²) in [5, 5.41) is 23.6. The van der Waals surface area contributed by atoms with Gasteiger partial charge in [0.05, 0.1) is 16.7 Å². The number of thiophene rings is 1. The van der Waals surface area contributed by atoms with Gasteiger partial charge in [-0.15, -0.1) is 21.5 Å². The largest absolute Gasteiger partial charge is 0.337 e. The highest BCUT2D eigenvalue weighted by Crippen LogP contribution is 2.41. The molecule has 132 valence electrons. The van der Waals surface area contributed by atoms with Crippen molar-refractivity contribution in [1.29, 1.82) is 5.26 Å². The first-order chi connectivity index (χ1) is 11.9. The van der Waals surface area contributed by atoms with Crippen molar-refractivity contribution in [3.63, 3.8) is 0 Å². The van der Waals surface area contributed by atoms with Crippen molar-refractivity contribution in [1.82, 2.24) is 20.1 Å². The van der Waals surface area contributed by atoms with Gasteiger partial charge < -0.3 is 5.32 Å². The molecule has 25 heavy (non-hydrogen) atoms. The van der Waals surface area contributed by atoms with E-state index in [-0.39, 0.29) is 17.6 Å². The first kappa shape index (κ1) is 18.0. The van der Waals surface area contributed by atoms with Crippen LogP contribution >= 0.6 is 23.1 Å². The van der Waals surface area contributed by atoms with Crippen LogP contribution in [-0.2, 0) is 4.79 Å². The van der Waals surface area contributed by atoms with Crippen LogP contribution in [0.3, 0.4) is 0 Å². The molecule has 1 amide bonds. The standard InChI is InChI=1S/C17H21N5OS2/c1-11(2)17(3,10-18)19-14(23)9-25-16-21-20-15(13-5-4-8-24-13)22(16)12-6-7-12/h4-5,8,11-12H,6-7,9H2,1-3H3,(H,19,23)/t17-/m1/s1. The number of carbonyl (C=O) groups excluding carboxylic acids is 1. The Morgan fingerprint density at radius 3 is 2.88 bits per heavy atom. The number of nitrogens with one attached hydrogen (secondary N) is 1. The van der Waals surface area contributed by atoms with Gasteiger partial charge in [0, 0.05) is 6.04 Å². The second-order valence-electron chi connectivity index (χ2n) is 6.69. The molecule has 1 saturated carbocycles. The Hall–Kier alpha value is -1.85. The number of hydrogen-bond donors (Lipinski definition) is 1. The smallest absolute Gasteiger partial charge is 0.231 e. The van der Waals surface area contributed by atoms with Crippen LogP contribution in [0.15, 0.2) is 22.7 Å². The van der Waals surface area contributed by atoms with Gasteiger partial charge in [0.2, 0.25) is 5.91 Å². The lowest BCUT2D eigenvalue weighted by Gasteiger charge is -2.27. The van der Waals surface area contributed by atoms with E-state index in [1.807, 2.05) is 31.4 Å². The van der Waals surface area contributed by atoms with Gasteiger partial charge >= 0.3 is 0 Å². The predicted molar refractivity (Wildman–Crippen MR) is 99.3 cm³/mol. The topological polar surface area (TPSA) is 83.6 Å². The molecular formula is C17H21N5OS2. The summed E-state index contributed by atoms with van der Waals surface area (Å²) < 4.78 is 2.15. The Labute approximate surface area is 155 Å². The van der Waals surface area contributed by atoms with E-state index >= 15 is 0 Å². The molecule has 1 aliphatic rings. The molecule has 2 heterocycles. The van der Waals surface area contributed by atoms with Gasteiger partial charge in [0.15, 0.2) is 11.0 Å². The third kappa shape index (κ3) is 3.88. The zero-order valence-corrected chi connectivity index (χ0v) is 16.2. The molecule has 1 aliphatic carbocycles. The minimum atomic E-state index is -0.857. The summed E-state index contributed by atoms with van der Waals surface area (Å²) in [5.74, 6) is 0.974. The van der Waals surface area contributed by atoms with Crippen molar-refractivity contribution in [2.75, 3.05) is 5.75 Å². The fourth-order valence-electron chi connectivity index (χ4n) is 2.37. The molecule has 1 fully saturated rings. The Morgan fingerprint density at radius 1 is 1.56 bits per heavy atom. The molecule has 0 spiro atoms. The summed E-state index contributed by atoms with van der Waals surface area (Å²) >= 11 is 3.02. The quantitative estimate of drug-likeness (QED) is 0.749. The van der Waals surface area contributed by atoms with Crippen molar-refractivity contribution < 1.29 is 4.79 Å². The molecule has 2 aromatic heterocycles. The van der Waals surface area contributed by atoms with E-state index in [4.69, 9.17) is 0 Å². The monoisotopic (exact) mass is 375 g/mol. The van der Waals surface area contributed by atoms with Gasteiger partial charge in [0.25, 0.3) is 0 Å². The molecule has 0 radical (unpaired) electrons. The second kappa shape index (κ2) is 7.18. The number of carbonyl (C=O) groups is 1. The average molecular weight is 376 g/mol. The van der Waals surface area contributed by atoms with Crippen LogP contribution in [0.2, 0.25) is 0 Å². The second-order valence-corrected chi connectivity index (χ2v) is 8.58. The van der Waals surface area contributed by atoms with Crippen molar-refractivity contribution in [3.8, 4) is 16.8 Å². The highest BCUT2D eigenvalue weighted by atomic mass is 32.2. The summed E-state index contributed by atoms with van der Waals surface area (Å²) in [4.78, 5) is 13.4. The SMILES string of the molecule is CC(C)[C@@](C)(C#N)NC(=O)CSc1nnc(-c2cccs2)n1C1CC1. The van der Waals surface area contributed by atoms with Gasteiger partial charge in [0.1, 0.15) is 5.54 Å². The van der Waals surface area contributed by atoms with Gasteiger partial charge in [-0.25, -0.2) is 0 Å². The van der Waals surface area contributed by atoms with Crippen LogP contribution < -0.4 is 5.32 Å². The molecule has 0 aliphatic heterocycles. The number of aromatic nitrogens is 3. The zero-order valence-electron chi connectivity index (χ0n) is 14.5. The molecular weight excluding hydrogens is 354 g/mol. The summed E-state index contributed by atoms with van der Waals surface area (Å²) in [6.45, 7) is 5.60. The lowest BCUT2D eigenvalue weighted by molar-refractivity contribution is -0.120. The Kier molecular flexibility index (Phi) is 5.16. The van der Waals surface area contributed by atoms with E-state index in [1.165, 1.54) is 11.8 Å². The van der Waals surface area contributed by atoms with E-state index in [2.05, 4.69) is 26.2 Å². The highest BCUT2D eigenvalue weighted by molar-refractivity contribution is 7.99. The number of amides is 1. The fraction of sp³-hybridized carbons (Fsp3) is 0.529. The van der Waals surface area contributed by atoms with E-state index in [1.54, 1.807) is 18.3 Å². The summed E-state index contributed by atoms with van der Waals surface area (Å²) in [6.07, 6.45) is 2.24. The maximum absolute atomic E-state index is 12.3. The fourth-order valence-corrected chi connectivity index (χ4v) is 3.88. The molecule has 8 heteroatoms. The van der Waals surface area contributed by atoms with E-state index in [0.717, 1.165) is 28.7 Å². The van der Waals surface area contributed by atoms with E-state index in [9.17, 15) is 10.1 Å². The van der Waals surface area contributed by atoms with Crippen LogP contribution in [0.1, 0.15) is 39.7 Å². The minimum absolute atomic E-state index is 0.0343. The van der Waals surface area contributed by atoms with Crippen molar-refractivity contribution >= 4 is 29.0 Å². The van der Waals surface area contributed by atoms with Gasteiger partial charge in [-0.05, 0) is 37.1 Å². The lowest BCUT2D eigenvalue weighted by Crippen LogP contribution is -2.49. The molecule has 3 rings (SSSR count). The molecule has 0 saturated heterocycles. The van der Waals surface area contributed by atoms with Crippen LogP contribution in [-0.4, -0.2) is 32.0 Å². The number of thioether (sulfide) groups is 1. The van der Waals surface area contributed by atoms with E-state index < -0.39 is 5.54 Å². The molecule has 0 bridgehead atoms. The number of hydrogen-bond acceptors (Lipinski definition) is 6. The van der Waals surface area contributed by atoms with Gasteiger partial charge in [-0.1, -0.05) is 31.7 Å². The van der Waals surface area contributed by atoms with Crippen molar-refractivity contribution in [3.05, 3.63) is 17.5 Å². The van der Waals surface area contributed by atoms with Crippen LogP contribution in [0.5, 0.6) is 0 Å². The molecule has 2 aromatic rings. The zero-order chi connectivity index (χ0) is 18.0. The maximum Gasteiger partial charge on any atom is 0.231 e. The summed E-state index contributed by atoms with van der Waals surface area (Å²) in [6, 6.07) is 6.66. The van der Waals surface area contributed by atoms with Gasteiger partial charge in [-0.3, -0.25) is 9.36 Å². The normalized spacial score (nSPS) is 16.4. The third-order valence-corrected chi connectivity index (χ3v) is 6.25. The predicted octanol–water partition coefficient (Wildman–Crippen LogP) is 3.49. The molecule has 1 N–H and O–H groups in total. The molecule has 1 atom stereocenters. The maximum atomic E-state index is 12.3. The van der Waals surface area contributed by atoms with Crippen molar-refractivity contribution in [2.45, 2.75) is 50.4 Å². The van der Waals surface area contributed by atoms with Crippen LogP contribution in [0.25, 0.3) is 10.7 Å². The first-order valence-electron chi connectivity index (χ1n) is 8.28. The average Bonchev–Trinajstić information content (AvgIpc) is 3.11. The number of nitriles is 1. The number of rotatable bonds is 7. The first-order valence-corrected chi connectivity index (χ1v) is 10.1. The van der Waals surface area contributed by atoms with Crippen molar-refractivity contribution in [2.24, 2.45) is 5.92 Å². The third-order valence-electron chi connectivity index (χ3n) is 4.44.